The Morgan fingerprint density at radius 3 is 3.00 bits per heavy atom. The van der Waals surface area contributed by atoms with Gasteiger partial charge in [0.05, 0.1) is 17.6 Å². The summed E-state index contributed by atoms with van der Waals surface area (Å²) in [4.78, 5) is 3.93. The van der Waals surface area contributed by atoms with Crippen LogP contribution in [-0.4, -0.2) is 22.5 Å². The lowest BCUT2D eigenvalue weighted by Crippen LogP contribution is -2.33. The fourth-order valence-corrected chi connectivity index (χ4v) is 1.72. The molecule has 1 aromatic rings. The van der Waals surface area contributed by atoms with Crippen LogP contribution < -0.4 is 11.1 Å². The lowest BCUT2D eigenvalue weighted by molar-refractivity contribution is 0.882. The number of pyridine rings is 1. The molecule has 0 radical (unpaired) electrons. The highest BCUT2D eigenvalue weighted by Crippen LogP contribution is 2.24. The molecule has 0 aliphatic carbocycles. The first-order valence-electron chi connectivity index (χ1n) is 3.90. The second kappa shape index (κ2) is 3.23. The molecule has 0 saturated carbocycles. The van der Waals surface area contributed by atoms with E-state index in [1.165, 1.54) is 11.5 Å². The van der Waals surface area contributed by atoms with Crippen LogP contribution in [0.25, 0.3) is 0 Å². The molecule has 1 aromatic heterocycles. The third kappa shape index (κ3) is 1.48. The van der Waals surface area contributed by atoms with E-state index in [4.69, 9.17) is 5.73 Å². The summed E-state index contributed by atoms with van der Waals surface area (Å²) in [5.41, 5.74) is 7.46. The standard InChI is InChI=1S/C8H11N3S/c9-7-3-10-2-1-8(7)11-6-4-12-5-6/h1-3,6H,4-5,9H2,(H,10,11). The number of nitrogens with zero attached hydrogens (tertiary/aromatic N) is 1. The first-order valence-corrected chi connectivity index (χ1v) is 5.05. The van der Waals surface area contributed by atoms with Crippen molar-refractivity contribution in [2.75, 3.05) is 22.6 Å². The molecule has 3 nitrogen and oxygen atoms in total. The normalized spacial score (nSPS) is 17.0. The highest BCUT2D eigenvalue weighted by atomic mass is 32.2. The molecule has 1 aliphatic rings. The molecule has 0 spiro atoms. The van der Waals surface area contributed by atoms with Crippen molar-refractivity contribution in [3.05, 3.63) is 18.5 Å². The minimum atomic E-state index is 0.597. The summed E-state index contributed by atoms with van der Waals surface area (Å²) in [7, 11) is 0. The fourth-order valence-electron chi connectivity index (χ4n) is 1.08. The topological polar surface area (TPSA) is 50.9 Å². The lowest BCUT2D eigenvalue weighted by atomic mass is 10.3. The van der Waals surface area contributed by atoms with E-state index in [1.807, 2.05) is 17.8 Å². The van der Waals surface area contributed by atoms with Crippen LogP contribution in [0.2, 0.25) is 0 Å². The minimum absolute atomic E-state index is 0.597. The number of nitrogen functional groups attached to an aromatic ring is 1. The number of anilines is 2. The zero-order chi connectivity index (χ0) is 8.39. The first-order chi connectivity index (χ1) is 5.86. The van der Waals surface area contributed by atoms with Crippen molar-refractivity contribution < 1.29 is 0 Å². The monoisotopic (exact) mass is 181 g/mol. The predicted octanol–water partition coefficient (Wildman–Crippen LogP) is 1.19. The van der Waals surface area contributed by atoms with Crippen LogP contribution in [0.4, 0.5) is 11.4 Å². The van der Waals surface area contributed by atoms with Gasteiger partial charge in [0.25, 0.3) is 0 Å². The molecular formula is C8H11N3S. The van der Waals surface area contributed by atoms with E-state index >= 15 is 0 Å². The highest BCUT2D eigenvalue weighted by molar-refractivity contribution is 8.00. The van der Waals surface area contributed by atoms with Gasteiger partial charge in [0.15, 0.2) is 0 Å². The third-order valence-electron chi connectivity index (χ3n) is 1.85. The number of aromatic nitrogens is 1. The van der Waals surface area contributed by atoms with Crippen LogP contribution in [0, 0.1) is 0 Å². The largest absolute Gasteiger partial charge is 0.396 e. The molecule has 0 bridgehead atoms. The number of nitrogens with two attached hydrogens (primary N) is 1. The van der Waals surface area contributed by atoms with E-state index in [9.17, 15) is 0 Å². The first kappa shape index (κ1) is 7.73. The maximum Gasteiger partial charge on any atom is 0.0736 e. The average Bonchev–Trinajstić information content (AvgIpc) is 2.00. The van der Waals surface area contributed by atoms with E-state index in [0.717, 1.165) is 11.4 Å². The van der Waals surface area contributed by atoms with Gasteiger partial charge in [0.1, 0.15) is 0 Å². The van der Waals surface area contributed by atoms with Gasteiger partial charge in [-0.1, -0.05) is 0 Å². The lowest BCUT2D eigenvalue weighted by Gasteiger charge is -2.27. The molecule has 0 aromatic carbocycles. The van der Waals surface area contributed by atoms with E-state index in [1.54, 1.807) is 12.4 Å². The van der Waals surface area contributed by atoms with Crippen molar-refractivity contribution in [2.24, 2.45) is 0 Å². The SMILES string of the molecule is Nc1cnccc1NC1CSC1. The Morgan fingerprint density at radius 1 is 1.58 bits per heavy atom. The van der Waals surface area contributed by atoms with Gasteiger partial charge in [-0.2, -0.15) is 11.8 Å². The molecule has 3 N–H and O–H groups in total. The number of hydrogen-bond donors (Lipinski definition) is 2. The molecule has 64 valence electrons. The van der Waals surface area contributed by atoms with Gasteiger partial charge in [-0.05, 0) is 6.07 Å². The van der Waals surface area contributed by atoms with E-state index in [2.05, 4.69) is 10.3 Å². The van der Waals surface area contributed by atoms with Crippen molar-refractivity contribution in [1.82, 2.24) is 4.98 Å². The van der Waals surface area contributed by atoms with Crippen molar-refractivity contribution >= 4 is 23.1 Å². The van der Waals surface area contributed by atoms with Crippen LogP contribution in [0.1, 0.15) is 0 Å². The van der Waals surface area contributed by atoms with Crippen molar-refractivity contribution in [2.45, 2.75) is 6.04 Å². The highest BCUT2D eigenvalue weighted by Gasteiger charge is 2.17. The molecule has 1 aliphatic heterocycles. The van der Waals surface area contributed by atoms with Crippen molar-refractivity contribution in [1.29, 1.82) is 0 Å². The van der Waals surface area contributed by atoms with E-state index < -0.39 is 0 Å². The number of rotatable bonds is 2. The van der Waals surface area contributed by atoms with Crippen LogP contribution in [0.5, 0.6) is 0 Å². The van der Waals surface area contributed by atoms with Crippen molar-refractivity contribution in [3.8, 4) is 0 Å². The Hall–Kier alpha value is -0.900. The van der Waals surface area contributed by atoms with Crippen molar-refractivity contribution in [3.63, 3.8) is 0 Å². The Morgan fingerprint density at radius 2 is 2.42 bits per heavy atom. The Kier molecular flexibility index (Phi) is 2.08. The van der Waals surface area contributed by atoms with Gasteiger partial charge in [-0.15, -0.1) is 0 Å². The van der Waals surface area contributed by atoms with Crippen LogP contribution in [0.15, 0.2) is 18.5 Å². The molecule has 4 heteroatoms. The van der Waals surface area contributed by atoms with E-state index in [0.29, 0.717) is 6.04 Å². The quantitative estimate of drug-likeness (QED) is 0.719. The zero-order valence-corrected chi connectivity index (χ0v) is 7.47. The van der Waals surface area contributed by atoms with Crippen LogP contribution >= 0.6 is 11.8 Å². The van der Waals surface area contributed by atoms with E-state index in [-0.39, 0.29) is 0 Å². The summed E-state index contributed by atoms with van der Waals surface area (Å²) < 4.78 is 0. The molecule has 0 amide bonds. The van der Waals surface area contributed by atoms with Gasteiger partial charge in [0.2, 0.25) is 0 Å². The van der Waals surface area contributed by atoms with Gasteiger partial charge >= 0.3 is 0 Å². The van der Waals surface area contributed by atoms with Crippen LogP contribution in [-0.2, 0) is 0 Å². The zero-order valence-electron chi connectivity index (χ0n) is 6.66. The molecule has 0 unspecified atom stereocenters. The summed E-state index contributed by atoms with van der Waals surface area (Å²) in [5, 5.41) is 3.36. The maximum atomic E-state index is 5.72. The predicted molar refractivity (Wildman–Crippen MR) is 53.4 cm³/mol. The number of nitrogens with one attached hydrogen (secondary N) is 1. The number of thioether (sulfide) groups is 1. The molecule has 1 fully saturated rings. The maximum absolute atomic E-state index is 5.72. The molecule has 2 rings (SSSR count). The Bertz CT molecular complexity index is 273. The van der Waals surface area contributed by atoms with Gasteiger partial charge < -0.3 is 11.1 Å². The number of hydrogen-bond acceptors (Lipinski definition) is 4. The molecule has 12 heavy (non-hydrogen) atoms. The fraction of sp³-hybridized carbons (Fsp3) is 0.375. The Balaban J connectivity index is 2.06. The summed E-state index contributed by atoms with van der Waals surface area (Å²) in [6.07, 6.45) is 3.43. The molecule has 1 saturated heterocycles. The second-order valence-corrected chi connectivity index (χ2v) is 3.92. The summed E-state index contributed by atoms with van der Waals surface area (Å²) >= 11 is 1.95. The van der Waals surface area contributed by atoms with Gasteiger partial charge in [0, 0.05) is 23.7 Å². The van der Waals surface area contributed by atoms with Gasteiger partial charge in [-0.25, -0.2) is 0 Å². The summed E-state index contributed by atoms with van der Waals surface area (Å²) in [5.74, 6) is 2.36. The Labute approximate surface area is 75.8 Å². The summed E-state index contributed by atoms with van der Waals surface area (Å²) in [6, 6.07) is 2.51. The van der Waals surface area contributed by atoms with Gasteiger partial charge in [-0.3, -0.25) is 4.98 Å². The molecule has 2 heterocycles. The molecular weight excluding hydrogens is 170 g/mol. The van der Waals surface area contributed by atoms with Crippen LogP contribution in [0.3, 0.4) is 0 Å². The third-order valence-corrected chi connectivity index (χ3v) is 3.13. The smallest absolute Gasteiger partial charge is 0.0736 e. The average molecular weight is 181 g/mol. The minimum Gasteiger partial charge on any atom is -0.396 e. The second-order valence-electron chi connectivity index (χ2n) is 2.84. The molecule has 0 atom stereocenters. The summed E-state index contributed by atoms with van der Waals surface area (Å²) in [6.45, 7) is 0.